The summed E-state index contributed by atoms with van der Waals surface area (Å²) < 4.78 is 5.72. The van der Waals surface area contributed by atoms with Gasteiger partial charge in [-0.2, -0.15) is 0 Å². The van der Waals surface area contributed by atoms with E-state index >= 15 is 0 Å². The lowest BCUT2D eigenvalue weighted by atomic mass is 10.2. The second-order valence-corrected chi connectivity index (χ2v) is 6.34. The number of rotatable bonds is 7. The van der Waals surface area contributed by atoms with Gasteiger partial charge in [-0.15, -0.1) is 11.3 Å². The van der Waals surface area contributed by atoms with Gasteiger partial charge in [0.25, 0.3) is 0 Å². The number of nitrogens with zero attached hydrogens (tertiary/aromatic N) is 1. The zero-order valence-electron chi connectivity index (χ0n) is 13.6. The van der Waals surface area contributed by atoms with Crippen molar-refractivity contribution in [1.29, 1.82) is 0 Å². The number of benzene rings is 1. The second kappa shape index (κ2) is 8.80. The van der Waals surface area contributed by atoms with Crippen molar-refractivity contribution in [3.8, 4) is 5.75 Å². The number of carbonyl (C=O) groups excluding carboxylic acids is 1. The van der Waals surface area contributed by atoms with Crippen molar-refractivity contribution in [2.45, 2.75) is 13.2 Å². The summed E-state index contributed by atoms with van der Waals surface area (Å²) in [6.45, 7) is 0.966. The number of ether oxygens (including phenoxy) is 1. The van der Waals surface area contributed by atoms with Gasteiger partial charge in [0.2, 0.25) is 5.91 Å². The molecule has 4 nitrogen and oxygen atoms in total. The van der Waals surface area contributed by atoms with E-state index < -0.39 is 0 Å². The van der Waals surface area contributed by atoms with Crippen LogP contribution in [-0.2, 0) is 17.9 Å². The van der Waals surface area contributed by atoms with Crippen LogP contribution < -0.4 is 10.1 Å². The van der Waals surface area contributed by atoms with Crippen molar-refractivity contribution in [1.82, 2.24) is 10.3 Å². The molecule has 2 aromatic heterocycles. The van der Waals surface area contributed by atoms with E-state index in [2.05, 4.69) is 10.3 Å². The third kappa shape index (κ3) is 5.58. The average Bonchev–Trinajstić information content (AvgIpc) is 3.18. The lowest BCUT2D eigenvalue weighted by molar-refractivity contribution is -0.116. The van der Waals surface area contributed by atoms with Gasteiger partial charge in [-0.05, 0) is 41.3 Å². The first kappa shape index (κ1) is 16.9. The monoisotopic (exact) mass is 350 g/mol. The van der Waals surface area contributed by atoms with Crippen molar-refractivity contribution in [2.75, 3.05) is 0 Å². The Balaban J connectivity index is 1.45. The van der Waals surface area contributed by atoms with Gasteiger partial charge in [0.05, 0.1) is 0 Å². The second-order valence-electron chi connectivity index (χ2n) is 5.36. The maximum Gasteiger partial charge on any atom is 0.244 e. The van der Waals surface area contributed by atoms with Gasteiger partial charge in [-0.3, -0.25) is 9.78 Å². The Labute approximate surface area is 150 Å². The molecule has 2 heterocycles. The fraction of sp³-hybridized carbons (Fsp3) is 0.100. The minimum absolute atomic E-state index is 0.106. The maximum absolute atomic E-state index is 11.8. The number of aromatic nitrogens is 1. The predicted octanol–water partition coefficient (Wildman–Crippen LogP) is 4.05. The summed E-state index contributed by atoms with van der Waals surface area (Å²) in [6.07, 6.45) is 6.89. The Hall–Kier alpha value is -2.92. The molecule has 5 heteroatoms. The summed E-state index contributed by atoms with van der Waals surface area (Å²) in [5.41, 5.74) is 2.04. The fourth-order valence-electron chi connectivity index (χ4n) is 2.15. The molecule has 0 aliphatic rings. The third-order valence-electron chi connectivity index (χ3n) is 3.46. The first-order valence-electron chi connectivity index (χ1n) is 7.90. The Morgan fingerprint density at radius 2 is 2.00 bits per heavy atom. The quantitative estimate of drug-likeness (QED) is 0.654. The third-order valence-corrected chi connectivity index (χ3v) is 4.30. The topological polar surface area (TPSA) is 51.2 Å². The lowest BCUT2D eigenvalue weighted by Gasteiger charge is -2.07. The average molecular weight is 350 g/mol. The largest absolute Gasteiger partial charge is 0.489 e. The van der Waals surface area contributed by atoms with E-state index in [1.807, 2.05) is 60.0 Å². The standard InChI is InChI=1S/C20H18N2O2S/c23-20(10-9-19-4-2-12-25-19)22-14-16-5-7-18(8-6-16)24-15-17-3-1-11-21-13-17/h1-13H,14-15H2,(H,22,23)/b10-9+. The van der Waals surface area contributed by atoms with E-state index in [-0.39, 0.29) is 5.91 Å². The van der Waals surface area contributed by atoms with Crippen molar-refractivity contribution in [3.63, 3.8) is 0 Å². The van der Waals surface area contributed by atoms with Gasteiger partial charge < -0.3 is 10.1 Å². The molecule has 0 aliphatic heterocycles. The maximum atomic E-state index is 11.8. The Morgan fingerprint density at radius 3 is 2.72 bits per heavy atom. The van der Waals surface area contributed by atoms with Crippen LogP contribution in [0.4, 0.5) is 0 Å². The van der Waals surface area contributed by atoms with Crippen LogP contribution in [0.3, 0.4) is 0 Å². The molecule has 0 aliphatic carbocycles. The summed E-state index contributed by atoms with van der Waals surface area (Å²) >= 11 is 1.60. The van der Waals surface area contributed by atoms with Gasteiger partial charge in [0, 0.05) is 35.5 Å². The molecule has 0 saturated heterocycles. The van der Waals surface area contributed by atoms with E-state index in [4.69, 9.17) is 4.74 Å². The van der Waals surface area contributed by atoms with Crippen molar-refractivity contribution < 1.29 is 9.53 Å². The highest BCUT2D eigenvalue weighted by Gasteiger charge is 2.00. The summed E-state index contributed by atoms with van der Waals surface area (Å²) in [5, 5.41) is 4.85. The van der Waals surface area contributed by atoms with Crippen LogP contribution in [0.25, 0.3) is 6.08 Å². The number of nitrogens with one attached hydrogen (secondary N) is 1. The van der Waals surface area contributed by atoms with E-state index in [0.717, 1.165) is 21.8 Å². The molecule has 0 spiro atoms. The van der Waals surface area contributed by atoms with Crippen LogP contribution in [0.1, 0.15) is 16.0 Å². The van der Waals surface area contributed by atoms with E-state index in [1.54, 1.807) is 29.8 Å². The highest BCUT2D eigenvalue weighted by Crippen LogP contribution is 2.14. The molecule has 1 amide bonds. The van der Waals surface area contributed by atoms with Crippen LogP contribution in [0.2, 0.25) is 0 Å². The SMILES string of the molecule is O=C(/C=C/c1cccs1)NCc1ccc(OCc2cccnc2)cc1. The molecular weight excluding hydrogens is 332 g/mol. The summed E-state index contributed by atoms with van der Waals surface area (Å²) in [5.74, 6) is 0.682. The minimum Gasteiger partial charge on any atom is -0.489 e. The Kier molecular flexibility index (Phi) is 5.96. The predicted molar refractivity (Wildman–Crippen MR) is 100 cm³/mol. The molecule has 3 rings (SSSR count). The number of pyridine rings is 1. The molecule has 0 fully saturated rings. The van der Waals surface area contributed by atoms with E-state index in [0.29, 0.717) is 13.2 Å². The first-order valence-corrected chi connectivity index (χ1v) is 8.77. The fourth-order valence-corrected chi connectivity index (χ4v) is 2.76. The zero-order chi connectivity index (χ0) is 17.3. The molecule has 0 bridgehead atoms. The van der Waals surface area contributed by atoms with Gasteiger partial charge >= 0.3 is 0 Å². The number of hydrogen-bond donors (Lipinski definition) is 1. The molecule has 0 unspecified atom stereocenters. The van der Waals surface area contributed by atoms with Gasteiger partial charge in [0.15, 0.2) is 0 Å². The zero-order valence-corrected chi connectivity index (χ0v) is 14.4. The van der Waals surface area contributed by atoms with Crippen molar-refractivity contribution in [3.05, 3.63) is 88.4 Å². The molecule has 126 valence electrons. The normalized spacial score (nSPS) is 10.7. The molecule has 0 saturated carbocycles. The van der Waals surface area contributed by atoms with Crippen LogP contribution in [0.15, 0.2) is 72.4 Å². The van der Waals surface area contributed by atoms with Crippen LogP contribution in [0.5, 0.6) is 5.75 Å². The highest BCUT2D eigenvalue weighted by molar-refractivity contribution is 7.10. The van der Waals surface area contributed by atoms with Crippen LogP contribution >= 0.6 is 11.3 Å². The summed E-state index contributed by atoms with van der Waals surface area (Å²) in [4.78, 5) is 16.9. The molecule has 1 aromatic carbocycles. The Morgan fingerprint density at radius 1 is 1.12 bits per heavy atom. The molecule has 1 N–H and O–H groups in total. The highest BCUT2D eigenvalue weighted by atomic mass is 32.1. The number of hydrogen-bond acceptors (Lipinski definition) is 4. The Bertz CT molecular complexity index is 813. The number of carbonyl (C=O) groups is 1. The smallest absolute Gasteiger partial charge is 0.244 e. The van der Waals surface area contributed by atoms with E-state index in [9.17, 15) is 4.79 Å². The molecular formula is C20H18N2O2S. The molecule has 0 radical (unpaired) electrons. The molecule has 25 heavy (non-hydrogen) atoms. The summed E-state index contributed by atoms with van der Waals surface area (Å²) in [6, 6.07) is 15.5. The van der Waals surface area contributed by atoms with Gasteiger partial charge in [-0.1, -0.05) is 24.3 Å². The van der Waals surface area contributed by atoms with Crippen molar-refractivity contribution in [2.24, 2.45) is 0 Å². The van der Waals surface area contributed by atoms with Crippen LogP contribution in [-0.4, -0.2) is 10.9 Å². The van der Waals surface area contributed by atoms with Gasteiger partial charge in [0.1, 0.15) is 12.4 Å². The first-order chi connectivity index (χ1) is 12.3. The lowest BCUT2D eigenvalue weighted by Crippen LogP contribution is -2.20. The molecule has 3 aromatic rings. The molecule has 0 atom stereocenters. The van der Waals surface area contributed by atoms with Crippen molar-refractivity contribution >= 4 is 23.3 Å². The van der Waals surface area contributed by atoms with Crippen LogP contribution in [0, 0.1) is 0 Å². The van der Waals surface area contributed by atoms with E-state index in [1.165, 1.54) is 0 Å². The summed E-state index contributed by atoms with van der Waals surface area (Å²) in [7, 11) is 0. The number of amides is 1. The van der Waals surface area contributed by atoms with Gasteiger partial charge in [-0.25, -0.2) is 0 Å². The minimum atomic E-state index is -0.106. The number of thiophene rings is 1.